The Labute approximate surface area is 78.5 Å². The third-order valence-corrected chi connectivity index (χ3v) is 2.60. The Hall–Kier alpha value is -0.190. The molecule has 1 N–H and O–H groups in total. The highest BCUT2D eigenvalue weighted by molar-refractivity contribution is 9.10. The van der Waals surface area contributed by atoms with Crippen LogP contribution in [-0.2, 0) is 0 Å². The van der Waals surface area contributed by atoms with Crippen molar-refractivity contribution in [1.29, 1.82) is 0 Å². The minimum atomic E-state index is 0.886. The van der Waals surface area contributed by atoms with Crippen molar-refractivity contribution in [2.45, 2.75) is 0 Å². The number of aromatic nitrogens is 1. The van der Waals surface area contributed by atoms with Gasteiger partial charge >= 0.3 is 0 Å². The fourth-order valence-corrected chi connectivity index (χ4v) is 1.81. The molecule has 11 heavy (non-hydrogen) atoms. The van der Waals surface area contributed by atoms with Gasteiger partial charge in [-0.1, -0.05) is 6.08 Å². The van der Waals surface area contributed by atoms with E-state index in [2.05, 4.69) is 26.2 Å². The third-order valence-electron chi connectivity index (χ3n) is 1.08. The molecule has 0 aliphatic carbocycles. The lowest BCUT2D eigenvalue weighted by Crippen LogP contribution is -2.03. The molecule has 1 rings (SSSR count). The van der Waals surface area contributed by atoms with Crippen LogP contribution in [0, 0.1) is 0 Å². The summed E-state index contributed by atoms with van der Waals surface area (Å²) in [7, 11) is 1.92. The van der Waals surface area contributed by atoms with Crippen LogP contribution in [0.15, 0.2) is 16.1 Å². The molecule has 0 amide bonds. The van der Waals surface area contributed by atoms with Crippen LogP contribution in [0.4, 0.5) is 0 Å². The van der Waals surface area contributed by atoms with E-state index in [0.717, 1.165) is 16.2 Å². The van der Waals surface area contributed by atoms with E-state index in [-0.39, 0.29) is 0 Å². The molecule has 1 aromatic heterocycles. The van der Waals surface area contributed by atoms with Crippen molar-refractivity contribution in [2.75, 3.05) is 13.6 Å². The number of rotatable bonds is 3. The van der Waals surface area contributed by atoms with Gasteiger partial charge in [-0.25, -0.2) is 4.98 Å². The fourth-order valence-electron chi connectivity index (χ4n) is 0.621. The molecule has 0 radical (unpaired) electrons. The molecule has 0 atom stereocenters. The summed E-state index contributed by atoms with van der Waals surface area (Å²) in [6, 6.07) is 0. The van der Waals surface area contributed by atoms with Crippen LogP contribution in [0.2, 0.25) is 0 Å². The lowest BCUT2D eigenvalue weighted by Gasteiger charge is -1.85. The molecule has 0 bridgehead atoms. The third kappa shape index (κ3) is 3.14. The molecule has 2 nitrogen and oxygen atoms in total. The number of thiazole rings is 1. The van der Waals surface area contributed by atoms with Gasteiger partial charge in [-0.05, 0) is 29.1 Å². The number of likely N-dealkylation sites (N-methyl/N-ethyl adjacent to an activating group) is 1. The summed E-state index contributed by atoms with van der Waals surface area (Å²) in [5.74, 6) is 0. The normalized spacial score (nSPS) is 11.1. The molecule has 0 fully saturated rings. The Morgan fingerprint density at radius 2 is 2.64 bits per heavy atom. The maximum atomic E-state index is 4.20. The number of hydrogen-bond acceptors (Lipinski definition) is 3. The van der Waals surface area contributed by atoms with Crippen molar-refractivity contribution >= 4 is 33.3 Å². The molecule has 0 saturated carbocycles. The van der Waals surface area contributed by atoms with Crippen LogP contribution < -0.4 is 5.32 Å². The van der Waals surface area contributed by atoms with Crippen molar-refractivity contribution in [2.24, 2.45) is 0 Å². The van der Waals surface area contributed by atoms with E-state index in [1.54, 1.807) is 11.3 Å². The molecular formula is C7H9BrN2S. The van der Waals surface area contributed by atoms with Crippen molar-refractivity contribution in [3.05, 3.63) is 21.1 Å². The number of hydrogen-bond donors (Lipinski definition) is 1. The predicted molar refractivity (Wildman–Crippen MR) is 52.8 cm³/mol. The highest BCUT2D eigenvalue weighted by Crippen LogP contribution is 2.15. The summed E-state index contributed by atoms with van der Waals surface area (Å²) in [4.78, 5) is 4.20. The second-order valence-corrected chi connectivity index (χ2v) is 3.67. The van der Waals surface area contributed by atoms with Gasteiger partial charge in [-0.2, -0.15) is 0 Å². The van der Waals surface area contributed by atoms with Crippen LogP contribution >= 0.6 is 27.3 Å². The smallest absolute Gasteiger partial charge is 0.117 e. The van der Waals surface area contributed by atoms with Gasteiger partial charge in [0.25, 0.3) is 0 Å². The van der Waals surface area contributed by atoms with Crippen molar-refractivity contribution < 1.29 is 0 Å². The van der Waals surface area contributed by atoms with Gasteiger partial charge in [0.1, 0.15) is 9.61 Å². The van der Waals surface area contributed by atoms with Gasteiger partial charge in [0.15, 0.2) is 0 Å². The lowest BCUT2D eigenvalue weighted by molar-refractivity contribution is 0.922. The van der Waals surface area contributed by atoms with Crippen molar-refractivity contribution in [1.82, 2.24) is 10.3 Å². The van der Waals surface area contributed by atoms with Gasteiger partial charge in [0, 0.05) is 11.9 Å². The molecule has 1 heterocycles. The lowest BCUT2D eigenvalue weighted by atomic mass is 10.5. The van der Waals surface area contributed by atoms with Gasteiger partial charge < -0.3 is 5.32 Å². The van der Waals surface area contributed by atoms with Crippen LogP contribution in [0.3, 0.4) is 0 Å². The topological polar surface area (TPSA) is 24.9 Å². The van der Waals surface area contributed by atoms with E-state index < -0.39 is 0 Å². The SMILES string of the molecule is CNCC=Cc1nc(Br)cs1. The zero-order valence-corrected chi connectivity index (χ0v) is 8.58. The maximum absolute atomic E-state index is 4.20. The first-order valence-electron chi connectivity index (χ1n) is 3.25. The van der Waals surface area contributed by atoms with E-state index in [0.29, 0.717) is 0 Å². The summed E-state index contributed by atoms with van der Waals surface area (Å²) < 4.78 is 0.909. The first-order chi connectivity index (χ1) is 5.33. The summed E-state index contributed by atoms with van der Waals surface area (Å²) in [6.07, 6.45) is 4.05. The first-order valence-corrected chi connectivity index (χ1v) is 4.92. The molecule has 0 aliphatic heterocycles. The summed E-state index contributed by atoms with van der Waals surface area (Å²) >= 11 is 4.92. The van der Waals surface area contributed by atoms with Gasteiger partial charge in [0.05, 0.1) is 0 Å². The van der Waals surface area contributed by atoms with Gasteiger partial charge in [0.2, 0.25) is 0 Å². The summed E-state index contributed by atoms with van der Waals surface area (Å²) in [5.41, 5.74) is 0. The molecule has 0 aliphatic rings. The number of halogens is 1. The Morgan fingerprint density at radius 1 is 1.82 bits per heavy atom. The molecule has 4 heteroatoms. The Morgan fingerprint density at radius 3 is 3.18 bits per heavy atom. The molecule has 0 unspecified atom stereocenters. The second-order valence-electron chi connectivity index (χ2n) is 1.97. The zero-order valence-electron chi connectivity index (χ0n) is 6.17. The van der Waals surface area contributed by atoms with Crippen LogP contribution in [0.5, 0.6) is 0 Å². The van der Waals surface area contributed by atoms with E-state index in [4.69, 9.17) is 0 Å². The first kappa shape index (κ1) is 8.90. The average Bonchev–Trinajstić information content (AvgIpc) is 2.37. The van der Waals surface area contributed by atoms with Gasteiger partial charge in [-0.3, -0.25) is 0 Å². The maximum Gasteiger partial charge on any atom is 0.117 e. The quantitative estimate of drug-likeness (QED) is 0.865. The molecule has 0 spiro atoms. The monoisotopic (exact) mass is 232 g/mol. The highest BCUT2D eigenvalue weighted by Gasteiger charge is 1.92. The van der Waals surface area contributed by atoms with Crippen molar-refractivity contribution in [3.63, 3.8) is 0 Å². The Kier molecular flexibility index (Phi) is 3.76. The standard InChI is InChI=1S/C7H9BrN2S/c1-9-4-2-3-7-10-6(8)5-11-7/h2-3,5,9H,4H2,1H3. The summed E-state index contributed by atoms with van der Waals surface area (Å²) in [5, 5.41) is 6.03. The largest absolute Gasteiger partial charge is 0.316 e. The van der Waals surface area contributed by atoms with E-state index in [1.165, 1.54) is 0 Å². The Bertz CT molecular complexity index is 244. The van der Waals surface area contributed by atoms with Crippen LogP contribution in [0.25, 0.3) is 6.08 Å². The minimum absolute atomic E-state index is 0.886. The fraction of sp³-hybridized carbons (Fsp3) is 0.286. The van der Waals surface area contributed by atoms with E-state index >= 15 is 0 Å². The number of nitrogens with one attached hydrogen (secondary N) is 1. The molecular weight excluding hydrogens is 224 g/mol. The second kappa shape index (κ2) is 4.64. The molecule has 0 aromatic carbocycles. The Balaban J connectivity index is 2.50. The summed E-state index contributed by atoms with van der Waals surface area (Å²) in [6.45, 7) is 0.886. The highest BCUT2D eigenvalue weighted by atomic mass is 79.9. The van der Waals surface area contributed by atoms with Crippen molar-refractivity contribution in [3.8, 4) is 0 Å². The van der Waals surface area contributed by atoms with E-state index in [9.17, 15) is 0 Å². The number of nitrogens with zero attached hydrogens (tertiary/aromatic N) is 1. The minimum Gasteiger partial charge on any atom is -0.316 e. The van der Waals surface area contributed by atoms with Crippen LogP contribution in [-0.4, -0.2) is 18.6 Å². The molecule has 0 saturated heterocycles. The zero-order chi connectivity index (χ0) is 8.10. The van der Waals surface area contributed by atoms with Crippen LogP contribution in [0.1, 0.15) is 5.01 Å². The molecule has 1 aromatic rings. The van der Waals surface area contributed by atoms with Gasteiger partial charge in [-0.15, -0.1) is 11.3 Å². The predicted octanol–water partition coefficient (Wildman–Crippen LogP) is 2.14. The van der Waals surface area contributed by atoms with E-state index in [1.807, 2.05) is 24.6 Å². The molecule has 60 valence electrons. The average molecular weight is 233 g/mol.